The summed E-state index contributed by atoms with van der Waals surface area (Å²) in [5, 5.41) is 43.8. The molecule has 10 nitrogen and oxygen atoms in total. The molecule has 0 amide bonds. The summed E-state index contributed by atoms with van der Waals surface area (Å²) in [5.41, 5.74) is -6.67. The lowest BCUT2D eigenvalue weighted by atomic mass is 9.83. The highest BCUT2D eigenvalue weighted by molar-refractivity contribution is 6.17. The maximum absolute atomic E-state index is 14.1. The molecule has 0 aromatic heterocycles. The quantitative estimate of drug-likeness (QED) is 0.0851. The summed E-state index contributed by atoms with van der Waals surface area (Å²) in [7, 11) is 0. The van der Waals surface area contributed by atoms with Crippen molar-refractivity contribution >= 4 is 22.3 Å². The molecular weight excluding hydrogens is 616 g/mol. The smallest absolute Gasteiger partial charge is 0.237 e. The number of rotatable bonds is 7. The van der Waals surface area contributed by atoms with Crippen molar-refractivity contribution in [3.8, 4) is 45.3 Å². The fourth-order valence-corrected chi connectivity index (χ4v) is 6.25. The number of phenolic OH excluding ortho intramolecular Hbond substituents is 4. The molecule has 6 rings (SSSR count). The molecule has 2 aliphatic rings. The highest BCUT2D eigenvalue weighted by atomic mass is 16.3. The summed E-state index contributed by atoms with van der Waals surface area (Å²) in [6, 6.07) is 18.4. The van der Waals surface area contributed by atoms with Crippen molar-refractivity contribution in [3.63, 3.8) is 0 Å². The van der Waals surface area contributed by atoms with Crippen LogP contribution in [0.15, 0.2) is 92.0 Å². The van der Waals surface area contributed by atoms with E-state index in [4.69, 9.17) is 0 Å². The molecule has 0 heterocycles. The Morgan fingerprint density at radius 1 is 0.562 bits per heavy atom. The number of Topliss-reactive ketones (excluding diaryl/α,β-unsaturated/α-hetero) is 2. The number of hydrogen-bond acceptors (Lipinski definition) is 10. The van der Waals surface area contributed by atoms with Gasteiger partial charge in [-0.2, -0.15) is 0 Å². The van der Waals surface area contributed by atoms with Gasteiger partial charge in [-0.1, -0.05) is 60.7 Å². The summed E-state index contributed by atoms with van der Waals surface area (Å²) < 4.78 is 0. The van der Waals surface area contributed by atoms with Crippen molar-refractivity contribution in [1.29, 1.82) is 0 Å². The molecule has 0 fully saturated rings. The summed E-state index contributed by atoms with van der Waals surface area (Å²) in [6.45, 7) is 2.55. The molecule has 4 aromatic carbocycles. The molecule has 0 radical (unpaired) electrons. The van der Waals surface area contributed by atoms with Gasteiger partial charge in [0, 0.05) is 63.1 Å². The fourth-order valence-electron chi connectivity index (χ4n) is 6.25. The van der Waals surface area contributed by atoms with Crippen LogP contribution in [0, 0.1) is 13.8 Å². The fraction of sp³-hybridized carbons (Fsp3) is 0.105. The van der Waals surface area contributed by atoms with Gasteiger partial charge in [0.2, 0.25) is 10.9 Å². The Balaban J connectivity index is 1.63. The van der Waals surface area contributed by atoms with Gasteiger partial charge < -0.3 is 20.4 Å². The minimum atomic E-state index is -1.22. The molecule has 0 saturated carbocycles. The second-order valence-corrected chi connectivity index (χ2v) is 11.6. The van der Waals surface area contributed by atoms with E-state index in [-0.39, 0.29) is 40.3 Å². The lowest BCUT2D eigenvalue weighted by Gasteiger charge is -2.20. The predicted octanol–water partition coefficient (Wildman–Crippen LogP) is 4.22. The topological polar surface area (TPSA) is 183 Å². The lowest BCUT2D eigenvalue weighted by Crippen LogP contribution is -2.36. The molecule has 238 valence electrons. The first kappa shape index (κ1) is 31.6. The van der Waals surface area contributed by atoms with Crippen LogP contribution in [0.2, 0.25) is 0 Å². The first-order valence-electron chi connectivity index (χ1n) is 14.8. The van der Waals surface area contributed by atoms with Crippen LogP contribution >= 0.6 is 0 Å². The minimum Gasteiger partial charge on any atom is -0.507 e. The number of ketones is 2. The molecule has 0 unspecified atom stereocenters. The van der Waals surface area contributed by atoms with Crippen molar-refractivity contribution in [1.82, 2.24) is 0 Å². The van der Waals surface area contributed by atoms with Gasteiger partial charge in [0.15, 0.2) is 33.9 Å². The van der Waals surface area contributed by atoms with Gasteiger partial charge in [-0.05, 0) is 31.0 Å². The van der Waals surface area contributed by atoms with Gasteiger partial charge in [0.25, 0.3) is 0 Å². The van der Waals surface area contributed by atoms with Crippen LogP contribution in [0.1, 0.15) is 43.0 Å². The first-order chi connectivity index (χ1) is 22.8. The highest BCUT2D eigenvalue weighted by Crippen LogP contribution is 2.50. The van der Waals surface area contributed by atoms with E-state index >= 15 is 0 Å². The van der Waals surface area contributed by atoms with Gasteiger partial charge in [-0.15, -0.1) is 0 Å². The Kier molecular flexibility index (Phi) is 7.72. The molecule has 4 N–H and O–H groups in total. The van der Waals surface area contributed by atoms with Gasteiger partial charge in [0.05, 0.1) is 11.1 Å². The maximum atomic E-state index is 14.1. The van der Waals surface area contributed by atoms with Crippen LogP contribution in [0.3, 0.4) is 0 Å². The van der Waals surface area contributed by atoms with Crippen molar-refractivity contribution in [2.75, 3.05) is 0 Å². The number of carbonyl (C=O) groups is 2. The number of aromatic hydroxyl groups is 4. The predicted molar refractivity (Wildman–Crippen MR) is 179 cm³/mol. The van der Waals surface area contributed by atoms with Gasteiger partial charge in [0.1, 0.15) is 11.5 Å². The normalized spacial score (nSPS) is 11.3. The van der Waals surface area contributed by atoms with Crippen LogP contribution in [-0.2, 0) is 12.8 Å². The number of phenols is 4. The number of benzene rings is 6. The number of hydrogen-bond donors (Lipinski definition) is 4. The van der Waals surface area contributed by atoms with Crippen molar-refractivity contribution in [2.24, 2.45) is 0 Å². The monoisotopic (exact) mass is 642 g/mol. The molecule has 4 aromatic rings. The second-order valence-electron chi connectivity index (χ2n) is 11.6. The SMILES string of the molecule is Cc1c(-c2c(C)c(=O)c3c(C(=O)Cc4ccccc4)c(=O)c(=O)cc-3c2=O)c(O)c2cc(O)c(O)c(C(=O)Cc3ccccc3)c2c1O. The van der Waals surface area contributed by atoms with E-state index in [1.54, 1.807) is 60.7 Å². The van der Waals surface area contributed by atoms with Crippen molar-refractivity contribution < 1.29 is 30.0 Å². The minimum absolute atomic E-state index is 0.166. The lowest BCUT2D eigenvalue weighted by molar-refractivity contribution is 0.0983. The Bertz CT molecular complexity index is 2510. The van der Waals surface area contributed by atoms with Gasteiger partial charge in [-0.3, -0.25) is 28.8 Å². The molecule has 10 heteroatoms. The number of fused-ring (bicyclic) bond motifs is 2. The molecule has 0 aliphatic heterocycles. The van der Waals surface area contributed by atoms with E-state index in [1.165, 1.54) is 13.8 Å². The molecule has 0 saturated heterocycles. The molecule has 2 aliphatic carbocycles. The zero-order chi connectivity index (χ0) is 34.6. The van der Waals surface area contributed by atoms with E-state index in [1.807, 2.05) is 0 Å². The van der Waals surface area contributed by atoms with E-state index in [0.29, 0.717) is 17.2 Å². The average Bonchev–Trinajstić information content (AvgIpc) is 3.06. The Hall–Kier alpha value is -6.42. The van der Waals surface area contributed by atoms with Crippen LogP contribution < -0.4 is 21.7 Å². The van der Waals surface area contributed by atoms with E-state index in [0.717, 1.165) is 6.07 Å². The standard InChI is InChI=1S/C38H26O10/c1-17-27(35(45)21-15-25(41)37(47)31(29(21)33(17)43)23(39)13-19-9-5-3-6-10-19)28-18(2)34(44)30-22(36(28)46)16-26(42)38(48)32(30)24(40)14-20-11-7-4-8-12-20/h3-12,15-16,41,43,45,47H,13-14H2,1-2H3. The second kappa shape index (κ2) is 11.7. The summed E-state index contributed by atoms with van der Waals surface area (Å²) in [4.78, 5) is 80.6. The Morgan fingerprint density at radius 3 is 1.67 bits per heavy atom. The van der Waals surface area contributed by atoms with E-state index in [9.17, 15) is 49.2 Å². The molecule has 48 heavy (non-hydrogen) atoms. The van der Waals surface area contributed by atoms with Crippen LogP contribution in [0.25, 0.3) is 33.0 Å². The zero-order valence-electron chi connectivity index (χ0n) is 25.6. The Morgan fingerprint density at radius 2 is 1.10 bits per heavy atom. The molecular formula is C38H26O10. The van der Waals surface area contributed by atoms with Crippen LogP contribution in [-0.4, -0.2) is 32.0 Å². The highest BCUT2D eigenvalue weighted by Gasteiger charge is 2.33. The first-order valence-corrected chi connectivity index (χ1v) is 14.8. The third-order valence-corrected chi connectivity index (χ3v) is 8.62. The van der Waals surface area contributed by atoms with Crippen molar-refractivity contribution in [2.45, 2.75) is 26.7 Å². The van der Waals surface area contributed by atoms with Crippen molar-refractivity contribution in [3.05, 3.63) is 147 Å². The summed E-state index contributed by atoms with van der Waals surface area (Å²) in [6.07, 6.45) is -0.546. The summed E-state index contributed by atoms with van der Waals surface area (Å²) in [5.74, 6) is -4.50. The maximum Gasteiger partial charge on any atom is 0.237 e. The molecule has 0 atom stereocenters. The number of carbonyl (C=O) groups excluding carboxylic acids is 2. The zero-order valence-corrected chi connectivity index (χ0v) is 25.6. The van der Waals surface area contributed by atoms with Crippen LogP contribution in [0.5, 0.6) is 23.0 Å². The van der Waals surface area contributed by atoms with Gasteiger partial charge >= 0.3 is 0 Å². The Labute approximate surface area is 271 Å². The molecule has 0 spiro atoms. The summed E-state index contributed by atoms with van der Waals surface area (Å²) >= 11 is 0. The molecule has 0 bridgehead atoms. The van der Waals surface area contributed by atoms with E-state index in [2.05, 4.69) is 0 Å². The third-order valence-electron chi connectivity index (χ3n) is 8.62. The largest absolute Gasteiger partial charge is 0.507 e. The third kappa shape index (κ3) is 4.91. The van der Waals surface area contributed by atoms with Crippen LogP contribution in [0.4, 0.5) is 0 Å². The van der Waals surface area contributed by atoms with Gasteiger partial charge in [-0.25, -0.2) is 0 Å². The van der Waals surface area contributed by atoms with E-state index < -0.39 is 84.1 Å². The average molecular weight is 643 g/mol.